The van der Waals surface area contributed by atoms with Crippen molar-refractivity contribution in [2.45, 2.75) is 44.7 Å². The number of nitrogens with one attached hydrogen (secondary N) is 2. The Kier molecular flexibility index (Phi) is 3.99. The first kappa shape index (κ1) is 13.8. The number of carbonyl (C=O) groups is 1. The molecule has 21 heavy (non-hydrogen) atoms. The molecular weight excluding hydrogens is 264 g/mol. The number of rotatable bonds is 4. The summed E-state index contributed by atoms with van der Waals surface area (Å²) in [5, 5.41) is 6.21. The first-order chi connectivity index (χ1) is 10.2. The molecule has 0 bridgehead atoms. The molecule has 0 aliphatic heterocycles. The van der Waals surface area contributed by atoms with Gasteiger partial charge in [-0.3, -0.25) is 9.78 Å². The maximum atomic E-state index is 12.1. The van der Waals surface area contributed by atoms with E-state index in [0.29, 0.717) is 11.9 Å². The Morgan fingerprint density at radius 2 is 1.95 bits per heavy atom. The molecule has 1 amide bonds. The van der Waals surface area contributed by atoms with Crippen LogP contribution in [-0.2, 0) is 4.79 Å². The first-order valence-corrected chi connectivity index (χ1v) is 7.51. The second-order valence-electron chi connectivity index (χ2n) is 5.60. The van der Waals surface area contributed by atoms with Gasteiger partial charge in [-0.1, -0.05) is 25.0 Å². The number of carbonyl (C=O) groups excluding carboxylic acids is 1. The lowest BCUT2D eigenvalue weighted by Crippen LogP contribution is -2.42. The summed E-state index contributed by atoms with van der Waals surface area (Å²) in [7, 11) is 0. The summed E-state index contributed by atoms with van der Waals surface area (Å²) in [6.45, 7) is 1.85. The van der Waals surface area contributed by atoms with Crippen LogP contribution < -0.4 is 10.6 Å². The van der Waals surface area contributed by atoms with Crippen molar-refractivity contribution >= 4 is 22.8 Å². The SMILES string of the molecule is CC(Nc1cnc2ccccc2n1)C(=O)NC1CCCC1. The van der Waals surface area contributed by atoms with Crippen molar-refractivity contribution in [3.05, 3.63) is 30.5 Å². The molecule has 0 radical (unpaired) electrons. The molecule has 1 aromatic carbocycles. The third kappa shape index (κ3) is 3.29. The van der Waals surface area contributed by atoms with Crippen LogP contribution in [0.2, 0.25) is 0 Å². The molecule has 1 unspecified atom stereocenters. The molecule has 0 spiro atoms. The van der Waals surface area contributed by atoms with Gasteiger partial charge in [-0.25, -0.2) is 4.98 Å². The van der Waals surface area contributed by atoms with E-state index in [1.807, 2.05) is 31.2 Å². The zero-order valence-corrected chi connectivity index (χ0v) is 12.2. The van der Waals surface area contributed by atoms with E-state index in [2.05, 4.69) is 20.6 Å². The maximum absolute atomic E-state index is 12.1. The zero-order valence-electron chi connectivity index (χ0n) is 12.2. The summed E-state index contributed by atoms with van der Waals surface area (Å²) in [5.74, 6) is 0.652. The zero-order chi connectivity index (χ0) is 14.7. The molecule has 1 fully saturated rings. The second kappa shape index (κ2) is 6.08. The van der Waals surface area contributed by atoms with E-state index in [-0.39, 0.29) is 11.9 Å². The van der Waals surface area contributed by atoms with Crippen molar-refractivity contribution in [1.29, 1.82) is 0 Å². The molecule has 1 aromatic heterocycles. The van der Waals surface area contributed by atoms with Crippen molar-refractivity contribution in [2.75, 3.05) is 5.32 Å². The van der Waals surface area contributed by atoms with Crippen LogP contribution in [0.3, 0.4) is 0 Å². The summed E-state index contributed by atoms with van der Waals surface area (Å²) in [6.07, 6.45) is 6.27. The molecular formula is C16H20N4O. The summed E-state index contributed by atoms with van der Waals surface area (Å²) in [6, 6.07) is 7.71. The standard InChI is InChI=1S/C16H20N4O/c1-11(16(21)19-12-6-2-3-7-12)18-15-10-17-13-8-4-5-9-14(13)20-15/h4-5,8-12H,2-3,6-7H2,1H3,(H,18,20)(H,19,21). The van der Waals surface area contributed by atoms with Crippen LogP contribution in [0.25, 0.3) is 11.0 Å². The molecule has 1 aliphatic rings. The molecule has 1 aliphatic carbocycles. The van der Waals surface area contributed by atoms with E-state index < -0.39 is 0 Å². The quantitative estimate of drug-likeness (QED) is 0.905. The Balaban J connectivity index is 1.64. The third-order valence-corrected chi connectivity index (χ3v) is 3.91. The monoisotopic (exact) mass is 284 g/mol. The highest BCUT2D eigenvalue weighted by molar-refractivity contribution is 5.84. The lowest BCUT2D eigenvalue weighted by Gasteiger charge is -2.18. The molecule has 5 nitrogen and oxygen atoms in total. The van der Waals surface area contributed by atoms with Gasteiger partial charge in [0.2, 0.25) is 5.91 Å². The lowest BCUT2D eigenvalue weighted by molar-refractivity contribution is -0.122. The average Bonchev–Trinajstić information content (AvgIpc) is 3.00. The maximum Gasteiger partial charge on any atom is 0.242 e. The summed E-state index contributed by atoms with van der Waals surface area (Å²) < 4.78 is 0. The van der Waals surface area contributed by atoms with Crippen molar-refractivity contribution in [3.8, 4) is 0 Å². The molecule has 2 aromatic rings. The minimum Gasteiger partial charge on any atom is -0.357 e. The molecule has 3 rings (SSSR count). The van der Waals surface area contributed by atoms with Gasteiger partial charge in [0.25, 0.3) is 0 Å². The number of benzene rings is 1. The Labute approximate surface area is 124 Å². The van der Waals surface area contributed by atoms with E-state index in [4.69, 9.17) is 0 Å². The molecule has 1 heterocycles. The molecule has 5 heteroatoms. The summed E-state index contributed by atoms with van der Waals surface area (Å²) >= 11 is 0. The number of amides is 1. The Bertz CT molecular complexity index is 637. The highest BCUT2D eigenvalue weighted by atomic mass is 16.2. The highest BCUT2D eigenvalue weighted by Gasteiger charge is 2.20. The molecule has 1 saturated carbocycles. The summed E-state index contributed by atoms with van der Waals surface area (Å²) in [4.78, 5) is 21.0. The van der Waals surface area contributed by atoms with Crippen molar-refractivity contribution in [2.24, 2.45) is 0 Å². The van der Waals surface area contributed by atoms with E-state index >= 15 is 0 Å². The largest absolute Gasteiger partial charge is 0.357 e. The molecule has 1 atom stereocenters. The van der Waals surface area contributed by atoms with Crippen molar-refractivity contribution < 1.29 is 4.79 Å². The number of fused-ring (bicyclic) bond motifs is 1. The highest BCUT2D eigenvalue weighted by Crippen LogP contribution is 2.18. The van der Waals surface area contributed by atoms with Gasteiger partial charge in [0.15, 0.2) is 0 Å². The fraction of sp³-hybridized carbons (Fsp3) is 0.438. The van der Waals surface area contributed by atoms with Gasteiger partial charge in [-0.05, 0) is 31.9 Å². The Hall–Kier alpha value is -2.17. The van der Waals surface area contributed by atoms with Crippen molar-refractivity contribution in [3.63, 3.8) is 0 Å². The van der Waals surface area contributed by atoms with E-state index in [1.165, 1.54) is 12.8 Å². The van der Waals surface area contributed by atoms with Gasteiger partial charge < -0.3 is 10.6 Å². The van der Waals surface area contributed by atoms with Crippen LogP contribution in [0.4, 0.5) is 5.82 Å². The molecule has 110 valence electrons. The van der Waals surface area contributed by atoms with Gasteiger partial charge in [-0.15, -0.1) is 0 Å². The number of anilines is 1. The number of nitrogens with zero attached hydrogens (tertiary/aromatic N) is 2. The first-order valence-electron chi connectivity index (χ1n) is 7.51. The van der Waals surface area contributed by atoms with Crippen molar-refractivity contribution in [1.82, 2.24) is 15.3 Å². The average molecular weight is 284 g/mol. The van der Waals surface area contributed by atoms with E-state index in [1.54, 1.807) is 6.20 Å². The topological polar surface area (TPSA) is 66.9 Å². The van der Waals surface area contributed by atoms with E-state index in [0.717, 1.165) is 23.9 Å². The van der Waals surface area contributed by atoms with Crippen LogP contribution in [0.15, 0.2) is 30.5 Å². The van der Waals surface area contributed by atoms with Crippen LogP contribution in [-0.4, -0.2) is 28.0 Å². The van der Waals surface area contributed by atoms with E-state index in [9.17, 15) is 4.79 Å². The second-order valence-corrected chi connectivity index (χ2v) is 5.60. The predicted octanol–water partition coefficient (Wildman–Crippen LogP) is 2.49. The van der Waals surface area contributed by atoms with Crippen LogP contribution in [0.1, 0.15) is 32.6 Å². The van der Waals surface area contributed by atoms with Gasteiger partial charge in [0.05, 0.1) is 17.2 Å². The number of hydrogen-bond donors (Lipinski definition) is 2. The van der Waals surface area contributed by atoms with Gasteiger partial charge in [0, 0.05) is 6.04 Å². The van der Waals surface area contributed by atoms with Gasteiger partial charge in [-0.2, -0.15) is 0 Å². The molecule has 0 saturated heterocycles. The molecule has 2 N–H and O–H groups in total. The van der Waals surface area contributed by atoms with Crippen LogP contribution >= 0.6 is 0 Å². The number of aromatic nitrogens is 2. The minimum atomic E-state index is -0.318. The Morgan fingerprint density at radius 1 is 1.24 bits per heavy atom. The number of hydrogen-bond acceptors (Lipinski definition) is 4. The fourth-order valence-electron chi connectivity index (χ4n) is 2.71. The van der Waals surface area contributed by atoms with Crippen LogP contribution in [0, 0.1) is 0 Å². The smallest absolute Gasteiger partial charge is 0.242 e. The minimum absolute atomic E-state index is 0.0249. The lowest BCUT2D eigenvalue weighted by atomic mass is 10.2. The Morgan fingerprint density at radius 3 is 2.71 bits per heavy atom. The van der Waals surface area contributed by atoms with Crippen LogP contribution in [0.5, 0.6) is 0 Å². The number of para-hydroxylation sites is 2. The van der Waals surface area contributed by atoms with Gasteiger partial charge >= 0.3 is 0 Å². The summed E-state index contributed by atoms with van der Waals surface area (Å²) in [5.41, 5.74) is 1.68. The normalized spacial score (nSPS) is 16.8. The fourth-order valence-corrected chi connectivity index (χ4v) is 2.71. The predicted molar refractivity (Wildman–Crippen MR) is 83.0 cm³/mol. The third-order valence-electron chi connectivity index (χ3n) is 3.91. The van der Waals surface area contributed by atoms with Gasteiger partial charge in [0.1, 0.15) is 11.9 Å².